The van der Waals surface area contributed by atoms with Gasteiger partial charge in [0.25, 0.3) is 0 Å². The molecule has 0 rings (SSSR count). The molecule has 0 bridgehead atoms. The molecule has 0 saturated carbocycles. The number of unbranched alkanes of at least 4 members (excludes halogenated alkanes) is 1. The second kappa shape index (κ2) is 9.64. The van der Waals surface area contributed by atoms with Crippen LogP contribution in [0.15, 0.2) is 0 Å². The fourth-order valence-electron chi connectivity index (χ4n) is 0.256. The molecular formula is C4H12BrNO. The Bertz CT molecular complexity index is 23.7. The molecule has 0 fully saturated rings. The van der Waals surface area contributed by atoms with E-state index in [1.807, 2.05) is 0 Å². The molecule has 0 aromatic rings. The molecule has 7 heavy (non-hydrogen) atoms. The van der Waals surface area contributed by atoms with Crippen molar-refractivity contribution in [3.8, 4) is 0 Å². The first kappa shape index (κ1) is 10.4. The zero-order valence-corrected chi connectivity index (χ0v) is 5.97. The summed E-state index contributed by atoms with van der Waals surface area (Å²) >= 11 is 0. The molecule has 0 spiro atoms. The molecule has 0 aromatic carbocycles. The largest absolute Gasteiger partial charge is 0.396 e. The standard InChI is InChI=1S/C4H11NO.BrH/c5-3-1-2-4-6;/h6H,1-5H2;1H. The summed E-state index contributed by atoms with van der Waals surface area (Å²) in [5, 5.41) is 8.14. The maximum absolute atomic E-state index is 8.14. The van der Waals surface area contributed by atoms with Gasteiger partial charge in [0.15, 0.2) is 0 Å². The van der Waals surface area contributed by atoms with Gasteiger partial charge >= 0.3 is 0 Å². The van der Waals surface area contributed by atoms with E-state index >= 15 is 0 Å². The smallest absolute Gasteiger partial charge is 0.0431 e. The van der Waals surface area contributed by atoms with Crippen molar-refractivity contribution in [2.24, 2.45) is 5.73 Å². The molecule has 0 radical (unpaired) electrons. The Balaban J connectivity index is 0. The molecule has 0 amide bonds. The van der Waals surface area contributed by atoms with Crippen LogP contribution < -0.4 is 5.73 Å². The topological polar surface area (TPSA) is 46.2 Å². The van der Waals surface area contributed by atoms with Crippen LogP contribution in [0, 0.1) is 0 Å². The number of aliphatic hydroxyl groups excluding tert-OH is 1. The minimum absolute atomic E-state index is 0. The van der Waals surface area contributed by atoms with Gasteiger partial charge in [-0.05, 0) is 19.4 Å². The number of hydrogen-bond donors (Lipinski definition) is 2. The van der Waals surface area contributed by atoms with Crippen LogP contribution in [0.5, 0.6) is 0 Å². The van der Waals surface area contributed by atoms with Crippen LogP contribution in [-0.4, -0.2) is 18.3 Å². The van der Waals surface area contributed by atoms with Gasteiger partial charge in [0.05, 0.1) is 0 Å². The van der Waals surface area contributed by atoms with Crippen molar-refractivity contribution >= 4 is 17.0 Å². The molecule has 0 aromatic heterocycles. The highest BCUT2D eigenvalue weighted by atomic mass is 79.9. The number of aliphatic hydroxyl groups is 1. The van der Waals surface area contributed by atoms with Crippen molar-refractivity contribution in [2.75, 3.05) is 13.2 Å². The number of halogens is 1. The molecule has 0 aliphatic rings. The molecule has 0 heterocycles. The molecule has 46 valence electrons. The third-order valence-electron chi connectivity index (χ3n) is 0.612. The number of rotatable bonds is 3. The average molecular weight is 170 g/mol. The molecule has 0 unspecified atom stereocenters. The van der Waals surface area contributed by atoms with Crippen molar-refractivity contribution in [3.05, 3.63) is 0 Å². The zero-order valence-electron chi connectivity index (χ0n) is 4.26. The van der Waals surface area contributed by atoms with Gasteiger partial charge in [-0.2, -0.15) is 0 Å². The molecule has 2 nitrogen and oxygen atoms in total. The van der Waals surface area contributed by atoms with Crippen LogP contribution in [0.25, 0.3) is 0 Å². The molecule has 3 N–H and O–H groups in total. The van der Waals surface area contributed by atoms with Crippen LogP contribution >= 0.6 is 17.0 Å². The van der Waals surface area contributed by atoms with Crippen LogP contribution in [0.4, 0.5) is 0 Å². The Labute approximate surface area is 54.5 Å². The van der Waals surface area contributed by atoms with Crippen molar-refractivity contribution in [1.82, 2.24) is 0 Å². The monoisotopic (exact) mass is 169 g/mol. The highest BCUT2D eigenvalue weighted by Crippen LogP contribution is 1.79. The summed E-state index contributed by atoms with van der Waals surface area (Å²) in [5.74, 6) is 0. The van der Waals surface area contributed by atoms with Crippen LogP contribution in [-0.2, 0) is 0 Å². The maximum atomic E-state index is 8.14. The fourth-order valence-corrected chi connectivity index (χ4v) is 0.256. The van der Waals surface area contributed by atoms with Crippen molar-refractivity contribution < 1.29 is 5.11 Å². The highest BCUT2D eigenvalue weighted by molar-refractivity contribution is 8.93. The molecule has 0 atom stereocenters. The van der Waals surface area contributed by atoms with E-state index in [2.05, 4.69) is 0 Å². The summed E-state index contributed by atoms with van der Waals surface area (Å²) in [6.07, 6.45) is 1.78. The first-order valence-corrected chi connectivity index (χ1v) is 2.22. The molecular weight excluding hydrogens is 158 g/mol. The second-order valence-electron chi connectivity index (χ2n) is 1.22. The molecule has 0 aliphatic carbocycles. The van der Waals surface area contributed by atoms with Gasteiger partial charge in [-0.1, -0.05) is 0 Å². The lowest BCUT2D eigenvalue weighted by atomic mass is 10.3. The Morgan fingerprint density at radius 2 is 1.86 bits per heavy atom. The Hall–Kier alpha value is 0.400. The van der Waals surface area contributed by atoms with E-state index in [-0.39, 0.29) is 23.6 Å². The Morgan fingerprint density at radius 3 is 2.00 bits per heavy atom. The highest BCUT2D eigenvalue weighted by Gasteiger charge is 1.76. The number of hydrogen-bond acceptors (Lipinski definition) is 2. The predicted octanol–water partition coefficient (Wildman–Crippen LogP) is 0.295. The second-order valence-corrected chi connectivity index (χ2v) is 1.22. The van der Waals surface area contributed by atoms with Crippen molar-refractivity contribution in [2.45, 2.75) is 12.8 Å². The van der Waals surface area contributed by atoms with Gasteiger partial charge in [-0.15, -0.1) is 17.0 Å². The third kappa shape index (κ3) is 10.7. The van der Waals surface area contributed by atoms with E-state index in [1.54, 1.807) is 0 Å². The molecule has 0 aliphatic heterocycles. The summed E-state index contributed by atoms with van der Waals surface area (Å²) in [6, 6.07) is 0. The van der Waals surface area contributed by atoms with Crippen molar-refractivity contribution in [1.29, 1.82) is 0 Å². The van der Waals surface area contributed by atoms with Crippen molar-refractivity contribution in [3.63, 3.8) is 0 Å². The SMILES string of the molecule is Br.NCCCCO. The first-order valence-electron chi connectivity index (χ1n) is 2.22. The van der Waals surface area contributed by atoms with Crippen LogP contribution in [0.3, 0.4) is 0 Å². The molecule has 3 heteroatoms. The molecule has 0 saturated heterocycles. The van der Waals surface area contributed by atoms with E-state index in [0.29, 0.717) is 6.54 Å². The lowest BCUT2D eigenvalue weighted by Gasteiger charge is -1.86. The van der Waals surface area contributed by atoms with Gasteiger partial charge in [0, 0.05) is 6.61 Å². The quantitative estimate of drug-likeness (QED) is 0.598. The fraction of sp³-hybridized carbons (Fsp3) is 1.00. The summed E-state index contributed by atoms with van der Waals surface area (Å²) in [5.41, 5.74) is 5.10. The van der Waals surface area contributed by atoms with Gasteiger partial charge in [-0.3, -0.25) is 0 Å². The number of nitrogens with two attached hydrogens (primary N) is 1. The summed E-state index contributed by atoms with van der Waals surface area (Å²) in [6.45, 7) is 0.970. The van der Waals surface area contributed by atoms with Gasteiger partial charge in [-0.25, -0.2) is 0 Å². The first-order chi connectivity index (χ1) is 2.91. The lowest BCUT2D eigenvalue weighted by Crippen LogP contribution is -1.98. The maximum Gasteiger partial charge on any atom is 0.0431 e. The average Bonchev–Trinajstić information content (AvgIpc) is 1.61. The lowest BCUT2D eigenvalue weighted by molar-refractivity contribution is 0.285. The minimum Gasteiger partial charge on any atom is -0.396 e. The van der Waals surface area contributed by atoms with Gasteiger partial charge in [0.2, 0.25) is 0 Å². The Kier molecular flexibility index (Phi) is 14.3. The van der Waals surface area contributed by atoms with Gasteiger partial charge < -0.3 is 10.8 Å². The summed E-state index contributed by atoms with van der Waals surface area (Å²) < 4.78 is 0. The van der Waals surface area contributed by atoms with Crippen LogP contribution in [0.1, 0.15) is 12.8 Å². The van der Waals surface area contributed by atoms with E-state index in [9.17, 15) is 0 Å². The van der Waals surface area contributed by atoms with Gasteiger partial charge in [0.1, 0.15) is 0 Å². The zero-order chi connectivity index (χ0) is 4.83. The van der Waals surface area contributed by atoms with E-state index in [0.717, 1.165) is 12.8 Å². The summed E-state index contributed by atoms with van der Waals surface area (Å²) in [7, 11) is 0. The van der Waals surface area contributed by atoms with Crippen LogP contribution in [0.2, 0.25) is 0 Å². The van der Waals surface area contributed by atoms with E-state index < -0.39 is 0 Å². The summed E-state index contributed by atoms with van der Waals surface area (Å²) in [4.78, 5) is 0. The van der Waals surface area contributed by atoms with E-state index in [1.165, 1.54) is 0 Å². The predicted molar refractivity (Wildman–Crippen MR) is 35.7 cm³/mol. The normalized spacial score (nSPS) is 7.71. The third-order valence-corrected chi connectivity index (χ3v) is 0.612. The van der Waals surface area contributed by atoms with E-state index in [4.69, 9.17) is 10.8 Å². The minimum atomic E-state index is 0. The Morgan fingerprint density at radius 1 is 1.29 bits per heavy atom.